The quantitative estimate of drug-likeness (QED) is 0.583. The molecule has 4 aromatic rings. The van der Waals surface area contributed by atoms with Gasteiger partial charge < -0.3 is 14.3 Å². The molecule has 4 aromatic heterocycles. The van der Waals surface area contributed by atoms with Gasteiger partial charge in [-0.05, 0) is 44.0 Å². The Labute approximate surface area is 167 Å². The number of fused-ring (bicyclic) bond motifs is 2. The highest BCUT2D eigenvalue weighted by Gasteiger charge is 2.23. The lowest BCUT2D eigenvalue weighted by atomic mass is 10.1. The highest BCUT2D eigenvalue weighted by molar-refractivity contribution is 5.93. The van der Waals surface area contributed by atoms with Gasteiger partial charge in [0, 0.05) is 48.9 Å². The zero-order valence-electron chi connectivity index (χ0n) is 16.1. The fraction of sp³-hybridized carbons (Fsp3) is 0.286. The van der Waals surface area contributed by atoms with Crippen molar-refractivity contribution in [1.29, 1.82) is 0 Å². The zero-order chi connectivity index (χ0) is 19.8. The van der Waals surface area contributed by atoms with Crippen molar-refractivity contribution in [3.8, 4) is 11.4 Å². The summed E-state index contributed by atoms with van der Waals surface area (Å²) < 4.78 is 4.08. The Bertz CT molecular complexity index is 1180. The molecule has 1 aliphatic rings. The van der Waals surface area contributed by atoms with Crippen molar-refractivity contribution >= 4 is 11.6 Å². The van der Waals surface area contributed by atoms with E-state index in [0.29, 0.717) is 5.69 Å². The van der Waals surface area contributed by atoms with Crippen LogP contribution in [0.2, 0.25) is 0 Å². The first-order valence-corrected chi connectivity index (χ1v) is 9.77. The molecule has 0 saturated heterocycles. The van der Waals surface area contributed by atoms with Gasteiger partial charge in [-0.2, -0.15) is 0 Å². The second kappa shape index (κ2) is 7.12. The molecule has 1 N–H and O–H groups in total. The summed E-state index contributed by atoms with van der Waals surface area (Å²) in [7, 11) is 0. The second-order valence-corrected chi connectivity index (χ2v) is 7.35. The van der Waals surface area contributed by atoms with E-state index in [9.17, 15) is 4.79 Å². The number of imidazole rings is 1. The van der Waals surface area contributed by atoms with Gasteiger partial charge in [-0.25, -0.2) is 4.98 Å². The van der Waals surface area contributed by atoms with Crippen LogP contribution < -0.4 is 5.32 Å². The van der Waals surface area contributed by atoms with Crippen LogP contribution in [0.5, 0.6) is 0 Å². The Kier molecular flexibility index (Phi) is 4.31. The maximum absolute atomic E-state index is 12.8. The first kappa shape index (κ1) is 17.5. The third-order valence-corrected chi connectivity index (χ3v) is 5.45. The van der Waals surface area contributed by atoms with Gasteiger partial charge in [-0.15, -0.1) is 10.2 Å². The van der Waals surface area contributed by atoms with Crippen LogP contribution in [0.3, 0.4) is 0 Å². The molecule has 1 amide bonds. The van der Waals surface area contributed by atoms with Gasteiger partial charge in [0.2, 0.25) is 0 Å². The third kappa shape index (κ3) is 3.26. The molecule has 8 heteroatoms. The van der Waals surface area contributed by atoms with Gasteiger partial charge in [0.25, 0.3) is 5.91 Å². The number of hydrogen-bond donors (Lipinski definition) is 1. The number of nitrogens with zero attached hydrogens (tertiary/aromatic N) is 6. The van der Waals surface area contributed by atoms with Crippen LogP contribution in [0.1, 0.15) is 34.8 Å². The van der Waals surface area contributed by atoms with Crippen LogP contribution in [0.15, 0.2) is 48.9 Å². The molecule has 0 radical (unpaired) electrons. The van der Waals surface area contributed by atoms with Gasteiger partial charge in [0.05, 0.1) is 0 Å². The number of pyridine rings is 2. The highest BCUT2D eigenvalue weighted by atomic mass is 16.2. The van der Waals surface area contributed by atoms with Gasteiger partial charge >= 0.3 is 0 Å². The number of carbonyl (C=O) groups excluding carboxylic acids is 1. The minimum atomic E-state index is -0.134. The summed E-state index contributed by atoms with van der Waals surface area (Å²) in [4.78, 5) is 21.3. The molecule has 5 heterocycles. The summed E-state index contributed by atoms with van der Waals surface area (Å²) in [5, 5.41) is 11.9. The molecule has 5 rings (SSSR count). The fourth-order valence-corrected chi connectivity index (χ4v) is 3.86. The van der Waals surface area contributed by atoms with Crippen molar-refractivity contribution in [2.75, 3.05) is 0 Å². The Morgan fingerprint density at radius 3 is 2.83 bits per heavy atom. The molecule has 29 heavy (non-hydrogen) atoms. The number of carbonyl (C=O) groups is 1. The van der Waals surface area contributed by atoms with Crippen molar-refractivity contribution in [2.24, 2.45) is 0 Å². The molecule has 0 saturated carbocycles. The minimum absolute atomic E-state index is 0.0698. The summed E-state index contributed by atoms with van der Waals surface area (Å²) in [6, 6.07) is 9.79. The van der Waals surface area contributed by atoms with Gasteiger partial charge in [0.1, 0.15) is 17.2 Å². The molecule has 8 nitrogen and oxygen atoms in total. The van der Waals surface area contributed by atoms with E-state index in [2.05, 4.69) is 30.0 Å². The van der Waals surface area contributed by atoms with E-state index in [1.54, 1.807) is 18.6 Å². The number of nitrogens with one attached hydrogen (secondary N) is 1. The van der Waals surface area contributed by atoms with Crippen molar-refractivity contribution < 1.29 is 4.79 Å². The number of amides is 1. The largest absolute Gasteiger partial charge is 0.348 e. The maximum Gasteiger partial charge on any atom is 0.271 e. The number of aromatic nitrogens is 6. The first-order chi connectivity index (χ1) is 14.2. The van der Waals surface area contributed by atoms with Crippen LogP contribution in [-0.4, -0.2) is 41.1 Å². The van der Waals surface area contributed by atoms with Crippen molar-refractivity contribution in [1.82, 2.24) is 34.4 Å². The van der Waals surface area contributed by atoms with Crippen molar-refractivity contribution in [3.05, 3.63) is 66.1 Å². The Balaban J connectivity index is 1.31. The molecular weight excluding hydrogens is 366 g/mol. The molecule has 1 atom stereocenters. The summed E-state index contributed by atoms with van der Waals surface area (Å²) in [6.45, 7) is 2.76. The highest BCUT2D eigenvalue weighted by Crippen LogP contribution is 2.22. The predicted molar refractivity (Wildman–Crippen MR) is 107 cm³/mol. The van der Waals surface area contributed by atoms with Crippen LogP contribution >= 0.6 is 0 Å². The molecule has 0 bridgehead atoms. The fourth-order valence-electron chi connectivity index (χ4n) is 3.86. The smallest absolute Gasteiger partial charge is 0.271 e. The number of hydrogen-bond acceptors (Lipinski definition) is 5. The molecule has 146 valence electrons. The maximum atomic E-state index is 12.8. The molecule has 0 fully saturated rings. The Morgan fingerprint density at radius 2 is 2.00 bits per heavy atom. The summed E-state index contributed by atoms with van der Waals surface area (Å²) >= 11 is 0. The minimum Gasteiger partial charge on any atom is -0.348 e. The first-order valence-electron chi connectivity index (χ1n) is 9.77. The van der Waals surface area contributed by atoms with Crippen molar-refractivity contribution in [3.63, 3.8) is 0 Å². The molecule has 0 spiro atoms. The standard InChI is InChI=1S/C21H21N7O/c1-14-3-2-4-18-24-17(13-28(14)18)21(29)23-16-5-6-19-25-26-20(27(19)12-9-16)15-7-10-22-11-8-15/h2-4,7-8,10-11,13,16H,5-6,9,12H2,1H3,(H,23,29). The van der Waals surface area contributed by atoms with Crippen LogP contribution in [-0.2, 0) is 13.0 Å². The average molecular weight is 387 g/mol. The van der Waals surface area contributed by atoms with Crippen LogP contribution in [0.25, 0.3) is 17.0 Å². The monoisotopic (exact) mass is 387 g/mol. The lowest BCUT2D eigenvalue weighted by molar-refractivity contribution is 0.0928. The van der Waals surface area contributed by atoms with E-state index in [1.165, 1.54) is 0 Å². The van der Waals surface area contributed by atoms with Gasteiger partial charge in [0.15, 0.2) is 5.82 Å². The summed E-state index contributed by atoms with van der Waals surface area (Å²) in [5.41, 5.74) is 3.27. The van der Waals surface area contributed by atoms with E-state index in [4.69, 9.17) is 0 Å². The van der Waals surface area contributed by atoms with Gasteiger partial charge in [-0.1, -0.05) is 6.07 Å². The number of rotatable bonds is 3. The third-order valence-electron chi connectivity index (χ3n) is 5.45. The SMILES string of the molecule is Cc1cccc2nc(C(=O)NC3CCc4nnc(-c5ccncc5)n4CC3)cn12. The summed E-state index contributed by atoms with van der Waals surface area (Å²) in [6.07, 6.45) is 7.73. The predicted octanol–water partition coefficient (Wildman–Crippen LogP) is 2.43. The second-order valence-electron chi connectivity index (χ2n) is 7.35. The van der Waals surface area contributed by atoms with Crippen LogP contribution in [0, 0.1) is 6.92 Å². The summed E-state index contributed by atoms with van der Waals surface area (Å²) in [5.74, 6) is 1.67. The Hall–Kier alpha value is -3.55. The van der Waals surface area contributed by atoms with E-state index in [0.717, 1.165) is 54.4 Å². The van der Waals surface area contributed by atoms with E-state index < -0.39 is 0 Å². The molecule has 0 aromatic carbocycles. The van der Waals surface area contributed by atoms with Crippen molar-refractivity contribution in [2.45, 2.75) is 38.8 Å². The lowest BCUT2D eigenvalue weighted by Gasteiger charge is -2.15. The van der Waals surface area contributed by atoms with Crippen LogP contribution in [0.4, 0.5) is 0 Å². The molecule has 1 unspecified atom stereocenters. The van der Waals surface area contributed by atoms with Gasteiger partial charge in [-0.3, -0.25) is 9.78 Å². The van der Waals surface area contributed by atoms with E-state index in [-0.39, 0.29) is 11.9 Å². The molecule has 1 aliphatic heterocycles. The van der Waals surface area contributed by atoms with E-state index in [1.807, 2.05) is 41.7 Å². The molecular formula is C21H21N7O. The normalized spacial score (nSPS) is 16.4. The number of aryl methyl sites for hydroxylation is 2. The lowest BCUT2D eigenvalue weighted by Crippen LogP contribution is -2.35. The molecule has 0 aliphatic carbocycles. The van der Waals surface area contributed by atoms with E-state index >= 15 is 0 Å². The topological polar surface area (TPSA) is 90.0 Å². The zero-order valence-corrected chi connectivity index (χ0v) is 16.1. The Morgan fingerprint density at radius 1 is 1.14 bits per heavy atom. The average Bonchev–Trinajstić information content (AvgIpc) is 3.31.